The molecule has 0 spiro atoms. The minimum absolute atomic E-state index is 0.173. The van der Waals surface area contributed by atoms with Gasteiger partial charge in [-0.15, -0.1) is 0 Å². The van der Waals surface area contributed by atoms with Crippen molar-refractivity contribution < 1.29 is 13.9 Å². The number of hydrogen-bond donors (Lipinski definition) is 1. The van der Waals surface area contributed by atoms with E-state index in [-0.39, 0.29) is 17.5 Å². The van der Waals surface area contributed by atoms with Gasteiger partial charge >= 0.3 is 0 Å². The highest BCUT2D eigenvalue weighted by atomic mass is 19.1. The molecule has 0 heterocycles. The van der Waals surface area contributed by atoms with E-state index in [1.54, 1.807) is 13.2 Å². The van der Waals surface area contributed by atoms with Crippen molar-refractivity contribution in [3.8, 4) is 5.75 Å². The summed E-state index contributed by atoms with van der Waals surface area (Å²) in [4.78, 5) is 0. The Kier molecular flexibility index (Phi) is 4.96. The van der Waals surface area contributed by atoms with Gasteiger partial charge in [0, 0.05) is 31.0 Å². The smallest absolute Gasteiger partial charge is 0.128 e. The molecule has 0 amide bonds. The van der Waals surface area contributed by atoms with E-state index in [0.717, 1.165) is 6.42 Å². The molecule has 18 heavy (non-hydrogen) atoms. The molecule has 4 heteroatoms. The monoisotopic (exact) mass is 255 g/mol. The molecule has 1 atom stereocenters. The van der Waals surface area contributed by atoms with Crippen LogP contribution in [0.3, 0.4) is 0 Å². The van der Waals surface area contributed by atoms with Gasteiger partial charge in [-0.05, 0) is 33.3 Å². The first-order valence-corrected chi connectivity index (χ1v) is 6.02. The molecule has 1 unspecified atom stereocenters. The van der Waals surface area contributed by atoms with Gasteiger partial charge in [0.25, 0.3) is 0 Å². The molecule has 0 aliphatic rings. The third-order valence-electron chi connectivity index (χ3n) is 2.87. The molecule has 0 fully saturated rings. The van der Waals surface area contributed by atoms with Crippen molar-refractivity contribution in [1.29, 1.82) is 0 Å². The lowest BCUT2D eigenvalue weighted by molar-refractivity contribution is 0.0128. The van der Waals surface area contributed by atoms with E-state index in [1.165, 1.54) is 19.2 Å². The molecule has 1 N–H and O–H groups in total. The van der Waals surface area contributed by atoms with Crippen LogP contribution >= 0.6 is 0 Å². The minimum atomic E-state index is -0.310. The van der Waals surface area contributed by atoms with Gasteiger partial charge in [-0.2, -0.15) is 0 Å². The van der Waals surface area contributed by atoms with Crippen LogP contribution in [-0.2, 0) is 4.74 Å². The highest BCUT2D eigenvalue weighted by Gasteiger charge is 2.20. The number of halogens is 1. The largest absolute Gasteiger partial charge is 0.497 e. The number of methoxy groups -OCH3 is 2. The molecular weight excluding hydrogens is 233 g/mol. The lowest BCUT2D eigenvalue weighted by atomic mass is 9.99. The summed E-state index contributed by atoms with van der Waals surface area (Å²) in [7, 11) is 3.22. The first-order chi connectivity index (χ1) is 8.36. The summed E-state index contributed by atoms with van der Waals surface area (Å²) in [6.07, 6.45) is 0.822. The van der Waals surface area contributed by atoms with Crippen molar-refractivity contribution in [2.24, 2.45) is 0 Å². The fourth-order valence-electron chi connectivity index (χ4n) is 1.92. The first-order valence-electron chi connectivity index (χ1n) is 6.02. The standard InChI is InChI=1S/C14H22FNO2/c1-10(9-14(2,3)18-5)16-12-6-11(15)7-13(8-12)17-4/h6-8,10,16H,9H2,1-5H3. The van der Waals surface area contributed by atoms with Crippen LogP contribution in [0.15, 0.2) is 18.2 Å². The molecule has 102 valence electrons. The van der Waals surface area contributed by atoms with Crippen LogP contribution < -0.4 is 10.1 Å². The summed E-state index contributed by atoms with van der Waals surface area (Å²) in [5, 5.41) is 3.25. The number of rotatable bonds is 6. The van der Waals surface area contributed by atoms with Gasteiger partial charge in [-0.1, -0.05) is 0 Å². The topological polar surface area (TPSA) is 30.5 Å². The Bertz CT molecular complexity index is 393. The molecule has 0 bridgehead atoms. The molecule has 0 aromatic heterocycles. The van der Waals surface area contributed by atoms with Gasteiger partial charge in [0.05, 0.1) is 12.7 Å². The van der Waals surface area contributed by atoms with E-state index in [0.29, 0.717) is 11.4 Å². The highest BCUT2D eigenvalue weighted by molar-refractivity contribution is 5.49. The fraction of sp³-hybridized carbons (Fsp3) is 0.571. The molecule has 0 radical (unpaired) electrons. The Hall–Kier alpha value is -1.29. The zero-order valence-electron chi connectivity index (χ0n) is 11.7. The average Bonchev–Trinajstić information content (AvgIpc) is 2.27. The SMILES string of the molecule is COc1cc(F)cc(NC(C)CC(C)(C)OC)c1. The first kappa shape index (κ1) is 14.8. The minimum Gasteiger partial charge on any atom is -0.497 e. The molecular formula is C14H22FNO2. The predicted molar refractivity (Wildman–Crippen MR) is 71.7 cm³/mol. The summed E-state index contributed by atoms with van der Waals surface area (Å²) in [6, 6.07) is 4.76. The van der Waals surface area contributed by atoms with Crippen molar-refractivity contribution in [3.63, 3.8) is 0 Å². The van der Waals surface area contributed by atoms with Gasteiger partial charge in [0.2, 0.25) is 0 Å². The Morgan fingerprint density at radius 2 is 1.94 bits per heavy atom. The van der Waals surface area contributed by atoms with E-state index in [2.05, 4.69) is 5.32 Å². The Balaban J connectivity index is 2.69. The van der Waals surface area contributed by atoms with E-state index in [9.17, 15) is 4.39 Å². The van der Waals surface area contributed by atoms with Crippen LogP contribution in [0.4, 0.5) is 10.1 Å². The maximum Gasteiger partial charge on any atom is 0.128 e. The van der Waals surface area contributed by atoms with Gasteiger partial charge in [-0.25, -0.2) is 4.39 Å². The van der Waals surface area contributed by atoms with Gasteiger partial charge in [0.1, 0.15) is 11.6 Å². The Morgan fingerprint density at radius 1 is 1.28 bits per heavy atom. The van der Waals surface area contributed by atoms with Gasteiger partial charge in [0.15, 0.2) is 0 Å². The lowest BCUT2D eigenvalue weighted by Crippen LogP contribution is -2.31. The summed E-state index contributed by atoms with van der Waals surface area (Å²) < 4.78 is 23.7. The van der Waals surface area contributed by atoms with Crippen molar-refractivity contribution in [2.75, 3.05) is 19.5 Å². The number of nitrogens with one attached hydrogen (secondary N) is 1. The van der Waals surface area contributed by atoms with Gasteiger partial charge < -0.3 is 14.8 Å². The highest BCUT2D eigenvalue weighted by Crippen LogP contribution is 2.23. The predicted octanol–water partition coefficient (Wildman–Crippen LogP) is 3.45. The molecule has 3 nitrogen and oxygen atoms in total. The van der Waals surface area contributed by atoms with E-state index in [1.807, 2.05) is 20.8 Å². The van der Waals surface area contributed by atoms with E-state index >= 15 is 0 Å². The van der Waals surface area contributed by atoms with Gasteiger partial charge in [-0.3, -0.25) is 0 Å². The van der Waals surface area contributed by atoms with Crippen molar-refractivity contribution >= 4 is 5.69 Å². The normalized spacial score (nSPS) is 13.2. The maximum absolute atomic E-state index is 13.3. The molecule has 0 aliphatic carbocycles. The summed E-state index contributed by atoms with van der Waals surface area (Å²) in [6.45, 7) is 6.09. The van der Waals surface area contributed by atoms with Crippen molar-refractivity contribution in [2.45, 2.75) is 38.8 Å². The van der Waals surface area contributed by atoms with Crippen LogP contribution in [0.2, 0.25) is 0 Å². The van der Waals surface area contributed by atoms with Crippen LogP contribution in [-0.4, -0.2) is 25.9 Å². The third kappa shape index (κ3) is 4.53. The molecule has 0 saturated carbocycles. The number of anilines is 1. The Morgan fingerprint density at radius 3 is 2.50 bits per heavy atom. The average molecular weight is 255 g/mol. The lowest BCUT2D eigenvalue weighted by Gasteiger charge is -2.27. The second-order valence-electron chi connectivity index (χ2n) is 5.09. The van der Waals surface area contributed by atoms with Crippen LogP contribution in [0.1, 0.15) is 27.2 Å². The number of ether oxygens (including phenoxy) is 2. The van der Waals surface area contributed by atoms with Crippen LogP contribution in [0, 0.1) is 5.82 Å². The zero-order chi connectivity index (χ0) is 13.8. The van der Waals surface area contributed by atoms with Crippen molar-refractivity contribution in [1.82, 2.24) is 0 Å². The number of hydrogen-bond acceptors (Lipinski definition) is 3. The second kappa shape index (κ2) is 6.05. The Labute approximate surface area is 108 Å². The van der Waals surface area contributed by atoms with E-state index < -0.39 is 0 Å². The summed E-state index contributed by atoms with van der Waals surface area (Å²) in [5.41, 5.74) is 0.510. The number of benzene rings is 1. The van der Waals surface area contributed by atoms with E-state index in [4.69, 9.17) is 9.47 Å². The summed E-state index contributed by atoms with van der Waals surface area (Å²) >= 11 is 0. The molecule has 0 saturated heterocycles. The van der Waals surface area contributed by atoms with Crippen LogP contribution in [0.25, 0.3) is 0 Å². The molecule has 1 rings (SSSR count). The zero-order valence-corrected chi connectivity index (χ0v) is 11.7. The molecule has 1 aromatic carbocycles. The second-order valence-corrected chi connectivity index (χ2v) is 5.09. The molecule has 1 aromatic rings. The fourth-order valence-corrected chi connectivity index (χ4v) is 1.92. The maximum atomic E-state index is 13.3. The third-order valence-corrected chi connectivity index (χ3v) is 2.87. The van der Waals surface area contributed by atoms with Crippen LogP contribution in [0.5, 0.6) is 5.75 Å². The quantitative estimate of drug-likeness (QED) is 0.844. The molecule has 0 aliphatic heterocycles. The summed E-state index contributed by atoms with van der Waals surface area (Å²) in [5.74, 6) is 0.200. The van der Waals surface area contributed by atoms with Crippen molar-refractivity contribution in [3.05, 3.63) is 24.0 Å².